The van der Waals surface area contributed by atoms with Gasteiger partial charge in [0.15, 0.2) is 0 Å². The lowest BCUT2D eigenvalue weighted by Gasteiger charge is -2.34. The third-order valence-electron chi connectivity index (χ3n) is 1.29. The van der Waals surface area contributed by atoms with Crippen LogP contribution in [0.1, 0.15) is 19.8 Å². The Morgan fingerprint density at radius 1 is 1.71 bits per heavy atom. The summed E-state index contributed by atoms with van der Waals surface area (Å²) >= 11 is 3.30. The monoisotopic (exact) mass is 166 g/mol. The van der Waals surface area contributed by atoms with Gasteiger partial charge in [-0.25, -0.2) is 4.39 Å². The summed E-state index contributed by atoms with van der Waals surface area (Å²) in [5.74, 6) is 0. The van der Waals surface area contributed by atoms with E-state index in [1.807, 2.05) is 0 Å². The summed E-state index contributed by atoms with van der Waals surface area (Å²) in [5, 5.41) is 0. The van der Waals surface area contributed by atoms with Crippen molar-refractivity contribution in [2.24, 2.45) is 0 Å². The zero-order valence-electron chi connectivity index (χ0n) is 4.25. The van der Waals surface area contributed by atoms with Gasteiger partial charge >= 0.3 is 0 Å². The Kier molecular flexibility index (Phi) is 1.14. The molecule has 7 heavy (non-hydrogen) atoms. The molecular formula is C5H8BrF. The minimum atomic E-state index is -0.853. The third-order valence-corrected chi connectivity index (χ3v) is 1.94. The van der Waals surface area contributed by atoms with E-state index in [0.29, 0.717) is 17.7 Å². The van der Waals surface area contributed by atoms with Crippen molar-refractivity contribution in [3.63, 3.8) is 0 Å². The van der Waals surface area contributed by atoms with Crippen molar-refractivity contribution in [3.05, 3.63) is 0 Å². The second-order valence-electron chi connectivity index (χ2n) is 2.42. The van der Waals surface area contributed by atoms with Gasteiger partial charge in [0.25, 0.3) is 0 Å². The average molecular weight is 167 g/mol. The molecule has 0 aromatic carbocycles. The smallest absolute Gasteiger partial charge is 0.110 e. The van der Waals surface area contributed by atoms with E-state index in [2.05, 4.69) is 15.9 Å². The fourth-order valence-corrected chi connectivity index (χ4v) is 2.21. The van der Waals surface area contributed by atoms with Crippen LogP contribution in [0, 0.1) is 0 Å². The first-order valence-corrected chi connectivity index (χ1v) is 3.35. The first-order chi connectivity index (χ1) is 3.10. The predicted molar refractivity (Wildman–Crippen MR) is 31.5 cm³/mol. The van der Waals surface area contributed by atoms with Crippen LogP contribution in [-0.4, -0.2) is 10.5 Å². The molecule has 0 aromatic heterocycles. The first kappa shape index (κ1) is 5.54. The molecule has 1 rings (SSSR count). The molecule has 0 N–H and O–H groups in total. The third kappa shape index (κ3) is 1.15. The van der Waals surface area contributed by atoms with E-state index in [1.54, 1.807) is 6.92 Å². The molecule has 0 heterocycles. The van der Waals surface area contributed by atoms with E-state index >= 15 is 0 Å². The molecule has 0 atom stereocenters. The summed E-state index contributed by atoms with van der Waals surface area (Å²) in [6.45, 7) is 1.64. The fraction of sp³-hybridized carbons (Fsp3) is 1.00. The molecule has 1 saturated carbocycles. The molecule has 1 aliphatic carbocycles. The van der Waals surface area contributed by atoms with Crippen LogP contribution < -0.4 is 0 Å². The van der Waals surface area contributed by atoms with E-state index in [9.17, 15) is 4.39 Å². The van der Waals surface area contributed by atoms with Crippen molar-refractivity contribution in [2.45, 2.75) is 30.3 Å². The van der Waals surface area contributed by atoms with Gasteiger partial charge in [-0.05, 0) is 19.8 Å². The van der Waals surface area contributed by atoms with Gasteiger partial charge in [-0.2, -0.15) is 0 Å². The van der Waals surface area contributed by atoms with Gasteiger partial charge < -0.3 is 0 Å². The van der Waals surface area contributed by atoms with Gasteiger partial charge in [-0.1, -0.05) is 15.9 Å². The second-order valence-corrected chi connectivity index (χ2v) is 3.71. The summed E-state index contributed by atoms with van der Waals surface area (Å²) in [4.78, 5) is 0.447. The van der Waals surface area contributed by atoms with Crippen LogP contribution >= 0.6 is 15.9 Å². The lowest BCUT2D eigenvalue weighted by molar-refractivity contribution is 0.0951. The van der Waals surface area contributed by atoms with Crippen LogP contribution in [0.4, 0.5) is 4.39 Å². The molecule has 42 valence electrons. The van der Waals surface area contributed by atoms with Crippen molar-refractivity contribution in [2.75, 3.05) is 0 Å². The summed E-state index contributed by atoms with van der Waals surface area (Å²) in [7, 11) is 0. The largest absolute Gasteiger partial charge is 0.244 e. The van der Waals surface area contributed by atoms with E-state index in [0.717, 1.165) is 0 Å². The maximum absolute atomic E-state index is 12.4. The topological polar surface area (TPSA) is 0 Å². The van der Waals surface area contributed by atoms with Crippen molar-refractivity contribution >= 4 is 15.9 Å². The molecule has 2 heteroatoms. The SMILES string of the molecule is CC1(F)CC(Br)C1. The number of hydrogen-bond donors (Lipinski definition) is 0. The molecule has 0 aromatic rings. The minimum Gasteiger partial charge on any atom is -0.244 e. The molecular weight excluding hydrogens is 159 g/mol. The molecule has 1 fully saturated rings. The van der Waals surface area contributed by atoms with Gasteiger partial charge in [0.2, 0.25) is 0 Å². The van der Waals surface area contributed by atoms with Gasteiger partial charge in [0.1, 0.15) is 5.67 Å². The zero-order chi connectivity index (χ0) is 5.49. The van der Waals surface area contributed by atoms with Crippen molar-refractivity contribution in [3.8, 4) is 0 Å². The van der Waals surface area contributed by atoms with Crippen LogP contribution in [0.2, 0.25) is 0 Å². The standard InChI is InChI=1S/C5H8BrF/c1-5(7)2-4(6)3-5/h4H,2-3H2,1H3. The fourth-order valence-electron chi connectivity index (χ4n) is 0.864. The highest BCUT2D eigenvalue weighted by Gasteiger charge is 2.38. The van der Waals surface area contributed by atoms with Crippen LogP contribution in [0.3, 0.4) is 0 Å². The number of hydrogen-bond acceptors (Lipinski definition) is 0. The highest BCUT2D eigenvalue weighted by Crippen LogP contribution is 2.39. The Morgan fingerprint density at radius 2 is 2.14 bits per heavy atom. The molecule has 0 spiro atoms. The Bertz CT molecular complexity index is 72.1. The first-order valence-electron chi connectivity index (χ1n) is 2.43. The van der Waals surface area contributed by atoms with Gasteiger partial charge in [0, 0.05) is 4.83 Å². The van der Waals surface area contributed by atoms with Crippen LogP contribution in [0.25, 0.3) is 0 Å². The Balaban J connectivity index is 2.29. The van der Waals surface area contributed by atoms with Crippen LogP contribution in [0.15, 0.2) is 0 Å². The summed E-state index contributed by atoms with van der Waals surface area (Å²) in [6, 6.07) is 0. The van der Waals surface area contributed by atoms with E-state index in [1.165, 1.54) is 0 Å². The zero-order valence-corrected chi connectivity index (χ0v) is 5.83. The molecule has 0 saturated heterocycles. The second kappa shape index (κ2) is 1.44. The van der Waals surface area contributed by atoms with Crippen LogP contribution in [0.5, 0.6) is 0 Å². The molecule has 0 radical (unpaired) electrons. The van der Waals surface area contributed by atoms with Crippen molar-refractivity contribution in [1.82, 2.24) is 0 Å². The lowest BCUT2D eigenvalue weighted by Crippen LogP contribution is -2.36. The molecule has 1 aliphatic rings. The maximum atomic E-state index is 12.4. The number of rotatable bonds is 0. The summed E-state index contributed by atoms with van der Waals surface area (Å²) in [5.41, 5.74) is -0.853. The van der Waals surface area contributed by atoms with Gasteiger partial charge in [-0.15, -0.1) is 0 Å². The number of halogens is 2. The van der Waals surface area contributed by atoms with E-state index in [-0.39, 0.29) is 0 Å². The van der Waals surface area contributed by atoms with Crippen molar-refractivity contribution in [1.29, 1.82) is 0 Å². The highest BCUT2D eigenvalue weighted by molar-refractivity contribution is 9.09. The highest BCUT2D eigenvalue weighted by atomic mass is 79.9. The predicted octanol–water partition coefficient (Wildman–Crippen LogP) is 2.27. The van der Waals surface area contributed by atoms with Crippen molar-refractivity contribution < 1.29 is 4.39 Å². The molecule has 0 aliphatic heterocycles. The summed E-state index contributed by atoms with van der Waals surface area (Å²) in [6.07, 6.45) is 1.38. The number of alkyl halides is 2. The Morgan fingerprint density at radius 3 is 2.14 bits per heavy atom. The van der Waals surface area contributed by atoms with E-state index in [4.69, 9.17) is 0 Å². The average Bonchev–Trinajstić information content (AvgIpc) is 1.27. The lowest BCUT2D eigenvalue weighted by atomic mass is 9.84. The quantitative estimate of drug-likeness (QED) is 0.485. The Hall–Kier alpha value is 0.410. The maximum Gasteiger partial charge on any atom is 0.110 e. The molecule has 0 bridgehead atoms. The van der Waals surface area contributed by atoms with Gasteiger partial charge in [0.05, 0.1) is 0 Å². The molecule has 0 amide bonds. The molecule has 0 unspecified atom stereocenters. The van der Waals surface area contributed by atoms with Gasteiger partial charge in [-0.3, -0.25) is 0 Å². The Labute approximate surface area is 51.2 Å². The normalized spacial score (nSPS) is 51.0. The van der Waals surface area contributed by atoms with Crippen LogP contribution in [-0.2, 0) is 0 Å². The minimum absolute atomic E-state index is 0.447. The summed E-state index contributed by atoms with van der Waals surface area (Å²) < 4.78 is 12.4. The van der Waals surface area contributed by atoms with E-state index < -0.39 is 5.67 Å². The molecule has 0 nitrogen and oxygen atoms in total.